The van der Waals surface area contributed by atoms with Crippen molar-refractivity contribution in [1.82, 2.24) is 0 Å². The van der Waals surface area contributed by atoms with Gasteiger partial charge in [0.05, 0.1) is 4.48 Å². The van der Waals surface area contributed by atoms with Crippen molar-refractivity contribution in [1.29, 1.82) is 0 Å². The molecule has 2 heteroatoms. The average molecular weight is 279 g/mol. The van der Waals surface area contributed by atoms with Gasteiger partial charge in [-0.3, -0.25) is 0 Å². The minimum absolute atomic E-state index is 0.540. The standard InChI is InChI=1S/C14H15BrO/c1-3-4-10-14(15)12(2)16-11-13-8-6-5-7-9-13/h3-10H,2,11H2,1H3/b4-3-,14-10+. The second kappa shape index (κ2) is 7.07. The van der Waals surface area contributed by atoms with E-state index in [4.69, 9.17) is 4.74 Å². The van der Waals surface area contributed by atoms with Gasteiger partial charge in [-0.1, -0.05) is 49.1 Å². The van der Waals surface area contributed by atoms with Crippen LogP contribution in [-0.4, -0.2) is 0 Å². The van der Waals surface area contributed by atoms with E-state index in [-0.39, 0.29) is 0 Å². The molecule has 1 rings (SSSR count). The summed E-state index contributed by atoms with van der Waals surface area (Å²) in [6.07, 6.45) is 5.79. The third-order valence-corrected chi connectivity index (χ3v) is 2.66. The molecular formula is C14H15BrO. The van der Waals surface area contributed by atoms with E-state index in [2.05, 4.69) is 22.5 Å². The van der Waals surface area contributed by atoms with E-state index in [0.717, 1.165) is 10.0 Å². The van der Waals surface area contributed by atoms with E-state index in [9.17, 15) is 0 Å². The third kappa shape index (κ3) is 4.49. The number of hydrogen-bond acceptors (Lipinski definition) is 1. The van der Waals surface area contributed by atoms with Gasteiger partial charge in [-0.25, -0.2) is 0 Å². The molecule has 0 heterocycles. The van der Waals surface area contributed by atoms with Crippen molar-refractivity contribution in [3.05, 3.63) is 70.9 Å². The minimum Gasteiger partial charge on any atom is -0.488 e. The molecule has 0 unspecified atom stereocenters. The predicted octanol–water partition coefficient (Wildman–Crippen LogP) is 4.57. The van der Waals surface area contributed by atoms with Crippen LogP contribution in [0.25, 0.3) is 0 Å². The zero-order valence-electron chi connectivity index (χ0n) is 9.32. The van der Waals surface area contributed by atoms with Crippen LogP contribution in [-0.2, 0) is 11.3 Å². The molecule has 0 atom stereocenters. The van der Waals surface area contributed by atoms with Crippen LogP contribution in [0.4, 0.5) is 0 Å². The van der Waals surface area contributed by atoms with E-state index in [0.29, 0.717) is 12.4 Å². The number of rotatable bonds is 5. The van der Waals surface area contributed by atoms with E-state index in [1.54, 1.807) is 0 Å². The topological polar surface area (TPSA) is 9.23 Å². The summed E-state index contributed by atoms with van der Waals surface area (Å²) >= 11 is 3.40. The zero-order chi connectivity index (χ0) is 11.8. The summed E-state index contributed by atoms with van der Waals surface area (Å²) in [5, 5.41) is 0. The molecule has 0 bridgehead atoms. The summed E-state index contributed by atoms with van der Waals surface area (Å²) in [6.45, 7) is 6.35. The van der Waals surface area contributed by atoms with Gasteiger partial charge in [-0.05, 0) is 34.5 Å². The Morgan fingerprint density at radius 3 is 2.69 bits per heavy atom. The van der Waals surface area contributed by atoms with E-state index in [1.807, 2.05) is 55.5 Å². The SMILES string of the molecule is C=C(OCc1ccccc1)/C(Br)=C\C=C/C. The molecule has 0 saturated heterocycles. The second-order valence-corrected chi connectivity index (χ2v) is 4.09. The van der Waals surface area contributed by atoms with Gasteiger partial charge in [0.25, 0.3) is 0 Å². The van der Waals surface area contributed by atoms with E-state index >= 15 is 0 Å². The summed E-state index contributed by atoms with van der Waals surface area (Å²) in [7, 11) is 0. The van der Waals surface area contributed by atoms with Crippen LogP contribution in [0.1, 0.15) is 12.5 Å². The molecule has 0 aliphatic heterocycles. The summed E-state index contributed by atoms with van der Waals surface area (Å²) < 4.78 is 6.41. The lowest BCUT2D eigenvalue weighted by Crippen LogP contribution is -1.92. The first-order valence-electron chi connectivity index (χ1n) is 5.08. The van der Waals surface area contributed by atoms with Gasteiger partial charge >= 0.3 is 0 Å². The maximum Gasteiger partial charge on any atom is 0.126 e. The molecule has 16 heavy (non-hydrogen) atoms. The Morgan fingerprint density at radius 2 is 2.06 bits per heavy atom. The molecular weight excluding hydrogens is 264 g/mol. The van der Waals surface area contributed by atoms with Crippen LogP contribution < -0.4 is 0 Å². The van der Waals surface area contributed by atoms with E-state index in [1.165, 1.54) is 0 Å². The first-order chi connectivity index (χ1) is 7.74. The van der Waals surface area contributed by atoms with Gasteiger partial charge in [-0.15, -0.1) is 0 Å². The molecule has 0 saturated carbocycles. The molecule has 0 fully saturated rings. The zero-order valence-corrected chi connectivity index (χ0v) is 10.9. The van der Waals surface area contributed by atoms with Gasteiger partial charge in [0, 0.05) is 0 Å². The minimum atomic E-state index is 0.540. The fraction of sp³-hybridized carbons (Fsp3) is 0.143. The monoisotopic (exact) mass is 278 g/mol. The molecule has 0 N–H and O–H groups in total. The van der Waals surface area contributed by atoms with Crippen molar-refractivity contribution in [2.75, 3.05) is 0 Å². The highest BCUT2D eigenvalue weighted by molar-refractivity contribution is 9.11. The van der Waals surface area contributed by atoms with Crippen LogP contribution in [0.5, 0.6) is 0 Å². The van der Waals surface area contributed by atoms with Crippen molar-refractivity contribution in [2.24, 2.45) is 0 Å². The van der Waals surface area contributed by atoms with Gasteiger partial charge in [0.15, 0.2) is 0 Å². The van der Waals surface area contributed by atoms with Crippen molar-refractivity contribution < 1.29 is 4.74 Å². The quantitative estimate of drug-likeness (QED) is 0.566. The fourth-order valence-corrected chi connectivity index (χ4v) is 1.35. The van der Waals surface area contributed by atoms with Crippen molar-refractivity contribution in [2.45, 2.75) is 13.5 Å². The first-order valence-corrected chi connectivity index (χ1v) is 5.88. The maximum absolute atomic E-state index is 5.54. The van der Waals surface area contributed by atoms with Gasteiger partial charge in [0.2, 0.25) is 0 Å². The Morgan fingerprint density at radius 1 is 1.38 bits per heavy atom. The molecule has 0 aliphatic rings. The smallest absolute Gasteiger partial charge is 0.126 e. The van der Waals surface area contributed by atoms with Crippen molar-refractivity contribution in [3.8, 4) is 0 Å². The van der Waals surface area contributed by atoms with Crippen LogP contribution in [0.2, 0.25) is 0 Å². The maximum atomic E-state index is 5.54. The lowest BCUT2D eigenvalue weighted by molar-refractivity contribution is 0.211. The number of hydrogen-bond donors (Lipinski definition) is 0. The van der Waals surface area contributed by atoms with Crippen molar-refractivity contribution >= 4 is 15.9 Å². The number of allylic oxidation sites excluding steroid dienone is 4. The number of benzene rings is 1. The lowest BCUT2D eigenvalue weighted by atomic mass is 10.2. The summed E-state index contributed by atoms with van der Waals surface area (Å²) in [5.41, 5.74) is 1.13. The van der Waals surface area contributed by atoms with Crippen LogP contribution in [0.3, 0.4) is 0 Å². The normalized spacial score (nSPS) is 11.8. The second-order valence-electron chi connectivity index (χ2n) is 3.24. The Kier molecular flexibility index (Phi) is 5.65. The summed E-state index contributed by atoms with van der Waals surface area (Å²) in [4.78, 5) is 0. The first kappa shape index (κ1) is 12.8. The highest BCUT2D eigenvalue weighted by Crippen LogP contribution is 2.18. The van der Waals surface area contributed by atoms with Crippen LogP contribution >= 0.6 is 15.9 Å². The highest BCUT2D eigenvalue weighted by Gasteiger charge is 1.99. The van der Waals surface area contributed by atoms with Gasteiger partial charge in [-0.2, -0.15) is 0 Å². The Labute approximate surface area is 105 Å². The molecule has 0 aliphatic carbocycles. The summed E-state index contributed by atoms with van der Waals surface area (Å²) in [5.74, 6) is 0.641. The molecule has 84 valence electrons. The summed E-state index contributed by atoms with van der Waals surface area (Å²) in [6, 6.07) is 10.0. The molecule has 0 spiro atoms. The van der Waals surface area contributed by atoms with Crippen LogP contribution in [0.15, 0.2) is 65.4 Å². The molecule has 0 amide bonds. The number of ether oxygens (including phenoxy) is 1. The van der Waals surface area contributed by atoms with E-state index < -0.39 is 0 Å². The number of halogens is 1. The largest absolute Gasteiger partial charge is 0.488 e. The molecule has 1 aromatic rings. The molecule has 0 radical (unpaired) electrons. The third-order valence-electron chi connectivity index (χ3n) is 1.96. The van der Waals surface area contributed by atoms with Gasteiger partial charge < -0.3 is 4.74 Å². The molecule has 0 aromatic heterocycles. The lowest BCUT2D eigenvalue weighted by Gasteiger charge is -2.07. The highest BCUT2D eigenvalue weighted by atomic mass is 79.9. The Bertz CT molecular complexity index is 390. The average Bonchev–Trinajstić information content (AvgIpc) is 2.34. The molecule has 1 nitrogen and oxygen atoms in total. The van der Waals surface area contributed by atoms with Crippen LogP contribution in [0, 0.1) is 0 Å². The Balaban J connectivity index is 2.47. The van der Waals surface area contributed by atoms with Gasteiger partial charge in [0.1, 0.15) is 12.4 Å². The predicted molar refractivity (Wildman–Crippen MR) is 72.2 cm³/mol. The fourth-order valence-electron chi connectivity index (χ4n) is 1.09. The van der Waals surface area contributed by atoms with Crippen molar-refractivity contribution in [3.63, 3.8) is 0 Å². The Hall–Kier alpha value is -1.28. The molecule has 1 aromatic carbocycles.